The molecule has 1 fully saturated rings. The first-order valence-corrected chi connectivity index (χ1v) is 7.65. The number of hydrogen-bond acceptors (Lipinski definition) is 5. The standard InChI is InChI=1S/C13H15BrN4O3/c14-10-9(4-7-21-10)11-15-16-17-18(11)8-13(12(19)20)5-2-1-3-6-13/h4,7H,1-3,5-6,8H2,(H,19,20). The molecule has 0 radical (unpaired) electrons. The fraction of sp³-hybridized carbons (Fsp3) is 0.538. The van der Waals surface area contributed by atoms with E-state index in [1.807, 2.05) is 0 Å². The number of furan rings is 1. The van der Waals surface area contributed by atoms with Crippen LogP contribution in [0.3, 0.4) is 0 Å². The summed E-state index contributed by atoms with van der Waals surface area (Å²) in [6.45, 7) is 0.280. The molecule has 1 aliphatic carbocycles. The zero-order chi connectivity index (χ0) is 14.9. The lowest BCUT2D eigenvalue weighted by molar-refractivity contribution is -0.152. The SMILES string of the molecule is O=C(O)C1(Cn2nnnc2-c2ccoc2Br)CCCCC1. The van der Waals surface area contributed by atoms with Crippen LogP contribution in [0.25, 0.3) is 11.4 Å². The lowest BCUT2D eigenvalue weighted by Gasteiger charge is -2.32. The molecular weight excluding hydrogens is 340 g/mol. The highest BCUT2D eigenvalue weighted by Crippen LogP contribution is 2.39. The zero-order valence-electron chi connectivity index (χ0n) is 11.3. The van der Waals surface area contributed by atoms with Gasteiger partial charge in [-0.15, -0.1) is 5.10 Å². The van der Waals surface area contributed by atoms with Gasteiger partial charge in [0.15, 0.2) is 10.5 Å². The van der Waals surface area contributed by atoms with E-state index in [1.165, 1.54) is 6.26 Å². The van der Waals surface area contributed by atoms with Crippen LogP contribution in [0.5, 0.6) is 0 Å². The number of aliphatic carboxylic acids is 1. The van der Waals surface area contributed by atoms with Crippen molar-refractivity contribution in [2.45, 2.75) is 38.6 Å². The van der Waals surface area contributed by atoms with Crippen LogP contribution in [-0.2, 0) is 11.3 Å². The van der Waals surface area contributed by atoms with Gasteiger partial charge in [0.25, 0.3) is 0 Å². The molecule has 0 amide bonds. The second-order valence-electron chi connectivity index (χ2n) is 5.41. The van der Waals surface area contributed by atoms with E-state index in [9.17, 15) is 9.90 Å². The van der Waals surface area contributed by atoms with Crippen LogP contribution in [0.2, 0.25) is 0 Å². The molecule has 0 aromatic carbocycles. The Morgan fingerprint density at radius 3 is 2.81 bits per heavy atom. The molecule has 0 aliphatic heterocycles. The molecule has 2 aromatic heterocycles. The third-order valence-corrected chi connectivity index (χ3v) is 4.72. The number of rotatable bonds is 4. The van der Waals surface area contributed by atoms with Gasteiger partial charge in [-0.05, 0) is 45.3 Å². The zero-order valence-corrected chi connectivity index (χ0v) is 12.9. The molecular formula is C13H15BrN4O3. The summed E-state index contributed by atoms with van der Waals surface area (Å²) in [5, 5.41) is 21.3. The summed E-state index contributed by atoms with van der Waals surface area (Å²) in [6, 6.07) is 1.75. The van der Waals surface area contributed by atoms with Gasteiger partial charge in [-0.1, -0.05) is 19.3 Å². The van der Waals surface area contributed by atoms with E-state index in [0.717, 1.165) is 24.8 Å². The second kappa shape index (κ2) is 5.59. The molecule has 0 atom stereocenters. The average molecular weight is 355 g/mol. The predicted octanol–water partition coefficient (Wildman–Crippen LogP) is 2.73. The first kappa shape index (κ1) is 14.2. The third kappa shape index (κ3) is 2.59. The van der Waals surface area contributed by atoms with E-state index in [4.69, 9.17) is 4.42 Å². The first-order valence-electron chi connectivity index (χ1n) is 6.85. The van der Waals surface area contributed by atoms with Gasteiger partial charge in [0.1, 0.15) is 0 Å². The second-order valence-corrected chi connectivity index (χ2v) is 6.13. The van der Waals surface area contributed by atoms with Gasteiger partial charge >= 0.3 is 5.97 Å². The fourth-order valence-electron chi connectivity index (χ4n) is 2.91. The van der Waals surface area contributed by atoms with Crippen LogP contribution < -0.4 is 0 Å². The molecule has 1 aliphatic rings. The monoisotopic (exact) mass is 354 g/mol. The predicted molar refractivity (Wildman–Crippen MR) is 76.4 cm³/mol. The Morgan fingerprint density at radius 2 is 2.19 bits per heavy atom. The highest BCUT2D eigenvalue weighted by atomic mass is 79.9. The Labute approximate surface area is 129 Å². The van der Waals surface area contributed by atoms with Crippen molar-refractivity contribution >= 4 is 21.9 Å². The maximum Gasteiger partial charge on any atom is 0.311 e. The summed E-state index contributed by atoms with van der Waals surface area (Å²) in [5.41, 5.74) is -0.0603. The van der Waals surface area contributed by atoms with Crippen LogP contribution in [0.15, 0.2) is 21.4 Å². The number of carbonyl (C=O) groups is 1. The van der Waals surface area contributed by atoms with Crippen molar-refractivity contribution < 1.29 is 14.3 Å². The number of carboxylic acids is 1. The number of halogens is 1. The normalized spacial score (nSPS) is 17.8. The van der Waals surface area contributed by atoms with Gasteiger partial charge in [-0.2, -0.15) is 0 Å². The van der Waals surface area contributed by atoms with Crippen molar-refractivity contribution in [3.8, 4) is 11.4 Å². The Bertz CT molecular complexity index is 645. The van der Waals surface area contributed by atoms with Crippen molar-refractivity contribution in [1.82, 2.24) is 20.2 Å². The van der Waals surface area contributed by atoms with Crippen molar-refractivity contribution in [3.63, 3.8) is 0 Å². The summed E-state index contributed by atoms with van der Waals surface area (Å²) in [7, 11) is 0. The van der Waals surface area contributed by atoms with Crippen molar-refractivity contribution in [2.75, 3.05) is 0 Å². The maximum absolute atomic E-state index is 11.8. The molecule has 0 saturated heterocycles. The van der Waals surface area contributed by atoms with E-state index >= 15 is 0 Å². The highest BCUT2D eigenvalue weighted by molar-refractivity contribution is 9.10. The van der Waals surface area contributed by atoms with Crippen molar-refractivity contribution in [1.29, 1.82) is 0 Å². The van der Waals surface area contributed by atoms with Crippen molar-refractivity contribution in [2.24, 2.45) is 5.41 Å². The molecule has 1 saturated carbocycles. The van der Waals surface area contributed by atoms with E-state index in [2.05, 4.69) is 31.5 Å². The topological polar surface area (TPSA) is 94.0 Å². The number of tetrazole rings is 1. The van der Waals surface area contributed by atoms with Gasteiger partial charge in [0, 0.05) is 0 Å². The Hall–Kier alpha value is -1.70. The summed E-state index contributed by atoms with van der Waals surface area (Å²) in [4.78, 5) is 11.8. The average Bonchev–Trinajstić information content (AvgIpc) is 3.08. The number of aromatic nitrogens is 4. The Balaban J connectivity index is 1.93. The molecule has 0 bridgehead atoms. The minimum atomic E-state index is -0.779. The lowest BCUT2D eigenvalue weighted by atomic mass is 9.74. The van der Waals surface area contributed by atoms with Crippen molar-refractivity contribution in [3.05, 3.63) is 17.0 Å². The Morgan fingerprint density at radius 1 is 1.43 bits per heavy atom. The van der Waals surface area contributed by atoms with Gasteiger partial charge in [0.2, 0.25) is 0 Å². The molecule has 7 nitrogen and oxygen atoms in total. The molecule has 21 heavy (non-hydrogen) atoms. The van der Waals surface area contributed by atoms with Gasteiger partial charge in [-0.3, -0.25) is 4.79 Å². The van der Waals surface area contributed by atoms with Crippen LogP contribution in [-0.4, -0.2) is 31.3 Å². The van der Waals surface area contributed by atoms with E-state index in [-0.39, 0.29) is 6.54 Å². The summed E-state index contributed by atoms with van der Waals surface area (Å²) < 4.78 is 7.30. The summed E-state index contributed by atoms with van der Waals surface area (Å²) in [6.07, 6.45) is 5.80. The molecule has 0 spiro atoms. The third-order valence-electron chi connectivity index (χ3n) is 4.11. The van der Waals surface area contributed by atoms with E-state index in [0.29, 0.717) is 23.3 Å². The molecule has 0 unspecified atom stereocenters. The van der Waals surface area contributed by atoms with Gasteiger partial charge in [0.05, 0.1) is 23.8 Å². The molecule has 3 rings (SSSR count). The molecule has 2 heterocycles. The van der Waals surface area contributed by atoms with Gasteiger partial charge in [-0.25, -0.2) is 4.68 Å². The lowest BCUT2D eigenvalue weighted by Crippen LogP contribution is -2.38. The largest absolute Gasteiger partial charge is 0.481 e. The van der Waals surface area contributed by atoms with E-state index in [1.54, 1.807) is 10.7 Å². The first-order chi connectivity index (χ1) is 10.1. The maximum atomic E-state index is 11.8. The highest BCUT2D eigenvalue weighted by Gasteiger charge is 2.41. The quantitative estimate of drug-likeness (QED) is 0.906. The van der Waals surface area contributed by atoms with Crippen LogP contribution in [0, 0.1) is 5.41 Å². The number of nitrogens with zero attached hydrogens (tertiary/aromatic N) is 4. The summed E-state index contributed by atoms with van der Waals surface area (Å²) >= 11 is 3.30. The molecule has 2 aromatic rings. The fourth-order valence-corrected chi connectivity index (χ4v) is 3.33. The Kier molecular flexibility index (Phi) is 3.79. The molecule has 8 heteroatoms. The van der Waals surface area contributed by atoms with Gasteiger partial charge < -0.3 is 9.52 Å². The van der Waals surface area contributed by atoms with Crippen LogP contribution in [0.1, 0.15) is 32.1 Å². The van der Waals surface area contributed by atoms with E-state index < -0.39 is 11.4 Å². The minimum absolute atomic E-state index is 0.280. The molecule has 1 N–H and O–H groups in total. The smallest absolute Gasteiger partial charge is 0.311 e. The van der Waals surface area contributed by atoms with Crippen LogP contribution >= 0.6 is 15.9 Å². The van der Waals surface area contributed by atoms with Crippen LogP contribution in [0.4, 0.5) is 0 Å². The summed E-state index contributed by atoms with van der Waals surface area (Å²) in [5.74, 6) is -0.253. The number of carboxylic acid groups (broad SMARTS) is 1. The molecule has 112 valence electrons. The minimum Gasteiger partial charge on any atom is -0.481 e. The number of hydrogen-bond donors (Lipinski definition) is 1.